The zero-order valence-corrected chi connectivity index (χ0v) is 8.79. The number of aliphatic hydroxyl groups is 1. The summed E-state index contributed by atoms with van der Waals surface area (Å²) in [6, 6.07) is -0.381. The van der Waals surface area contributed by atoms with E-state index in [9.17, 15) is 4.39 Å². The minimum absolute atomic E-state index is 0.0617. The second kappa shape index (κ2) is 4.92. The Morgan fingerprint density at radius 3 is 3.19 bits per heavy atom. The van der Waals surface area contributed by atoms with Crippen LogP contribution in [0.15, 0.2) is 6.20 Å². The van der Waals surface area contributed by atoms with Crippen molar-refractivity contribution in [1.29, 1.82) is 0 Å². The zero-order chi connectivity index (χ0) is 11.5. The fraction of sp³-hybridized carbons (Fsp3) is 0.778. The molecular weight excluding hydrogens is 211 g/mol. The largest absolute Gasteiger partial charge is 0.394 e. The molecule has 2 rings (SSSR count). The van der Waals surface area contributed by atoms with Gasteiger partial charge >= 0.3 is 0 Å². The molecule has 0 bridgehead atoms. The standard InChI is InChI=1S/C9H13BFN3O2/c10-9-3-6(8(5-15)16-9)7-4-14(2-1-11)13-12-7/h4,6,8-9,15H,1-3,5H2/t6-,8-,9-/m1/s1/i11-1. The molecule has 7 heteroatoms. The van der Waals surface area contributed by atoms with Crippen LogP contribution in [-0.4, -0.2) is 53.3 Å². The molecule has 0 unspecified atom stereocenters. The first-order valence-electron chi connectivity index (χ1n) is 5.22. The van der Waals surface area contributed by atoms with Crippen molar-refractivity contribution in [3.8, 4) is 0 Å². The maximum absolute atomic E-state index is 12.1. The molecule has 0 amide bonds. The molecule has 0 saturated carbocycles. The lowest BCUT2D eigenvalue weighted by Gasteiger charge is -2.12. The zero-order valence-electron chi connectivity index (χ0n) is 8.79. The highest BCUT2D eigenvalue weighted by Crippen LogP contribution is 2.32. The summed E-state index contributed by atoms with van der Waals surface area (Å²) in [6.45, 7) is -0.391. The Balaban J connectivity index is 2.10. The minimum Gasteiger partial charge on any atom is -0.394 e. The van der Waals surface area contributed by atoms with Gasteiger partial charge in [0.05, 0.1) is 24.9 Å². The predicted octanol–water partition coefficient (Wildman–Crippen LogP) is -0.393. The fourth-order valence-corrected chi connectivity index (χ4v) is 1.94. The summed E-state index contributed by atoms with van der Waals surface area (Å²) in [7, 11) is 5.65. The van der Waals surface area contributed by atoms with Gasteiger partial charge in [0.2, 0.25) is 0 Å². The Hall–Kier alpha value is -0.945. The van der Waals surface area contributed by atoms with Crippen molar-refractivity contribution in [2.75, 3.05) is 13.3 Å². The number of aromatic nitrogens is 3. The number of hydrogen-bond donors (Lipinski definition) is 1. The van der Waals surface area contributed by atoms with E-state index in [-0.39, 0.29) is 31.2 Å². The molecule has 0 spiro atoms. The van der Waals surface area contributed by atoms with Crippen LogP contribution in [0.25, 0.3) is 0 Å². The van der Waals surface area contributed by atoms with E-state index in [2.05, 4.69) is 10.3 Å². The second-order valence-electron chi connectivity index (χ2n) is 3.83. The number of aliphatic hydroxyl groups excluding tert-OH is 1. The maximum atomic E-state index is 12.1. The smallest absolute Gasteiger partial charge is 0.109 e. The molecule has 1 N–H and O–H groups in total. The van der Waals surface area contributed by atoms with E-state index in [0.29, 0.717) is 12.1 Å². The number of nitrogens with zero attached hydrogens (tertiary/aromatic N) is 3. The van der Waals surface area contributed by atoms with Crippen molar-refractivity contribution in [1.82, 2.24) is 15.0 Å². The van der Waals surface area contributed by atoms with Crippen LogP contribution < -0.4 is 0 Å². The molecule has 1 aliphatic rings. The van der Waals surface area contributed by atoms with E-state index in [1.807, 2.05) is 0 Å². The molecule has 2 radical (unpaired) electrons. The van der Waals surface area contributed by atoms with Crippen LogP contribution in [0.5, 0.6) is 0 Å². The van der Waals surface area contributed by atoms with E-state index in [4.69, 9.17) is 17.7 Å². The number of halogens is 1. The van der Waals surface area contributed by atoms with Gasteiger partial charge in [0.15, 0.2) is 0 Å². The normalized spacial score (nSPS) is 29.8. The van der Waals surface area contributed by atoms with Crippen LogP contribution in [0.4, 0.5) is 4.39 Å². The molecule has 5 nitrogen and oxygen atoms in total. The Labute approximate surface area is 94.0 Å². The fourth-order valence-electron chi connectivity index (χ4n) is 1.94. The van der Waals surface area contributed by atoms with Crippen LogP contribution in [0.1, 0.15) is 18.0 Å². The summed E-state index contributed by atoms with van der Waals surface area (Å²) < 4.78 is 18.9. The molecule has 1 aromatic rings. The Morgan fingerprint density at radius 1 is 1.69 bits per heavy atom. The van der Waals surface area contributed by atoms with Crippen molar-refractivity contribution in [2.45, 2.75) is 31.0 Å². The third-order valence-electron chi connectivity index (χ3n) is 2.71. The molecule has 1 aromatic heterocycles. The molecule has 16 heavy (non-hydrogen) atoms. The van der Waals surface area contributed by atoms with Crippen LogP contribution >= 0.6 is 0 Å². The highest BCUT2D eigenvalue weighted by Gasteiger charge is 2.34. The van der Waals surface area contributed by atoms with Crippen molar-refractivity contribution >= 4 is 7.85 Å². The van der Waals surface area contributed by atoms with Gasteiger partial charge in [0, 0.05) is 18.1 Å². The lowest BCUT2D eigenvalue weighted by Crippen LogP contribution is -2.19. The molecule has 0 aliphatic carbocycles. The van der Waals surface area contributed by atoms with E-state index >= 15 is 0 Å². The Bertz CT molecular complexity index is 349. The number of aryl methyl sites for hydroxylation is 1. The van der Waals surface area contributed by atoms with Gasteiger partial charge in [-0.05, 0) is 6.42 Å². The number of alkyl halides is 1. The molecular formula is C9H13BFN3O2. The monoisotopic (exact) mass is 224 g/mol. The quantitative estimate of drug-likeness (QED) is 0.707. The van der Waals surface area contributed by atoms with E-state index in [0.717, 1.165) is 0 Å². The first-order chi connectivity index (χ1) is 7.74. The summed E-state index contributed by atoms with van der Waals surface area (Å²) in [5, 5.41) is 16.9. The topological polar surface area (TPSA) is 60.2 Å². The lowest BCUT2D eigenvalue weighted by molar-refractivity contribution is 0.0366. The van der Waals surface area contributed by atoms with Crippen LogP contribution in [0.2, 0.25) is 0 Å². The molecule has 86 valence electrons. The summed E-state index contributed by atoms with van der Waals surface area (Å²) in [6.07, 6.45) is 1.93. The summed E-state index contributed by atoms with van der Waals surface area (Å²) in [4.78, 5) is 0. The van der Waals surface area contributed by atoms with Crippen LogP contribution in [0, 0.1) is 0 Å². The van der Waals surface area contributed by atoms with Crippen molar-refractivity contribution in [3.63, 3.8) is 0 Å². The predicted molar refractivity (Wildman–Crippen MR) is 54.9 cm³/mol. The number of ether oxygens (including phenoxy) is 1. The SMILES string of the molecule is [B][C@H]1C[C@H](c2cn(CC[18F])nn2)[C@@H](CO)O1. The molecule has 1 saturated heterocycles. The van der Waals surface area contributed by atoms with Gasteiger partial charge in [0.25, 0.3) is 0 Å². The molecule has 0 aromatic carbocycles. The number of hydrogen-bond acceptors (Lipinski definition) is 4. The van der Waals surface area contributed by atoms with Gasteiger partial charge in [-0.25, -0.2) is 9.07 Å². The summed E-state index contributed by atoms with van der Waals surface area (Å²) >= 11 is 0. The lowest BCUT2D eigenvalue weighted by atomic mass is 9.89. The van der Waals surface area contributed by atoms with Gasteiger partial charge < -0.3 is 9.84 Å². The Kier molecular flexibility index (Phi) is 3.55. The van der Waals surface area contributed by atoms with Crippen molar-refractivity contribution < 1.29 is 14.2 Å². The highest BCUT2D eigenvalue weighted by molar-refractivity contribution is 6.11. The average molecular weight is 224 g/mol. The minimum atomic E-state index is -0.479. The van der Waals surface area contributed by atoms with E-state index in [1.54, 1.807) is 6.20 Å². The van der Waals surface area contributed by atoms with Gasteiger partial charge in [-0.1, -0.05) is 5.21 Å². The van der Waals surface area contributed by atoms with E-state index < -0.39 is 6.67 Å². The van der Waals surface area contributed by atoms with Crippen LogP contribution in [-0.2, 0) is 11.3 Å². The average Bonchev–Trinajstić information content (AvgIpc) is 2.85. The van der Waals surface area contributed by atoms with Crippen molar-refractivity contribution in [2.24, 2.45) is 0 Å². The molecule has 1 fully saturated rings. The highest BCUT2D eigenvalue weighted by atomic mass is 18.2. The van der Waals surface area contributed by atoms with Gasteiger partial charge in [-0.15, -0.1) is 5.10 Å². The first-order valence-corrected chi connectivity index (χ1v) is 5.22. The Morgan fingerprint density at radius 2 is 2.50 bits per heavy atom. The third-order valence-corrected chi connectivity index (χ3v) is 2.71. The van der Waals surface area contributed by atoms with Gasteiger partial charge in [0.1, 0.15) is 14.5 Å². The molecule has 2 heterocycles. The van der Waals surface area contributed by atoms with Gasteiger partial charge in [-0.2, -0.15) is 0 Å². The maximum Gasteiger partial charge on any atom is 0.109 e. The third kappa shape index (κ3) is 2.25. The van der Waals surface area contributed by atoms with Gasteiger partial charge in [-0.3, -0.25) is 0 Å². The van der Waals surface area contributed by atoms with E-state index in [1.165, 1.54) is 4.68 Å². The summed E-state index contributed by atoms with van der Waals surface area (Å²) in [5.41, 5.74) is 0.695. The van der Waals surface area contributed by atoms with Crippen LogP contribution in [0.3, 0.4) is 0 Å². The summed E-state index contributed by atoms with van der Waals surface area (Å²) in [5.74, 6) is -0.0617. The number of rotatable bonds is 4. The molecule has 3 atom stereocenters. The molecule has 1 aliphatic heterocycles. The first kappa shape index (κ1) is 11.5. The second-order valence-corrected chi connectivity index (χ2v) is 3.83. The van der Waals surface area contributed by atoms with Crippen molar-refractivity contribution in [3.05, 3.63) is 11.9 Å².